The molecule has 0 spiro atoms. The van der Waals surface area contributed by atoms with Crippen LogP contribution >= 0.6 is 0 Å². The predicted octanol–water partition coefficient (Wildman–Crippen LogP) is 4.24. The minimum atomic E-state index is -4.37. The summed E-state index contributed by atoms with van der Waals surface area (Å²) in [4.78, 5) is 14.7. The average Bonchev–Trinajstić information content (AvgIpc) is 3.33. The number of hydrogen-bond acceptors (Lipinski definition) is 4. The van der Waals surface area contributed by atoms with Gasteiger partial charge in [-0.1, -0.05) is 0 Å². The molecular formula is C19H17F3N6. The van der Waals surface area contributed by atoms with Crippen LogP contribution in [0.2, 0.25) is 0 Å². The molecule has 0 aromatic carbocycles. The topological polar surface area (TPSA) is 73.5 Å². The Hall–Kier alpha value is -3.10. The highest BCUT2D eigenvalue weighted by Gasteiger charge is 2.31. The lowest BCUT2D eigenvalue weighted by atomic mass is 9.92. The third-order valence-corrected chi connectivity index (χ3v) is 5.36. The van der Waals surface area contributed by atoms with Gasteiger partial charge in [0.15, 0.2) is 5.65 Å². The Kier molecular flexibility index (Phi) is 3.78. The Morgan fingerprint density at radius 3 is 2.71 bits per heavy atom. The van der Waals surface area contributed by atoms with Gasteiger partial charge in [-0.15, -0.1) is 0 Å². The Bertz CT molecular complexity index is 1130. The number of halogens is 3. The second-order valence-electron chi connectivity index (χ2n) is 7.08. The molecule has 0 radical (unpaired) electrons. The molecule has 5 rings (SSSR count). The zero-order chi connectivity index (χ0) is 19.3. The van der Waals surface area contributed by atoms with Gasteiger partial charge in [-0.25, -0.2) is 15.0 Å². The number of H-pyrrole nitrogens is 2. The molecule has 1 saturated heterocycles. The predicted molar refractivity (Wildman–Crippen MR) is 99.2 cm³/mol. The van der Waals surface area contributed by atoms with E-state index >= 15 is 0 Å². The van der Waals surface area contributed by atoms with Gasteiger partial charge in [-0.2, -0.15) is 13.2 Å². The highest BCUT2D eigenvalue weighted by atomic mass is 19.4. The first kappa shape index (κ1) is 17.0. The molecule has 1 aliphatic heterocycles. The van der Waals surface area contributed by atoms with Crippen molar-refractivity contribution < 1.29 is 13.2 Å². The van der Waals surface area contributed by atoms with Crippen molar-refractivity contribution in [1.29, 1.82) is 0 Å². The van der Waals surface area contributed by atoms with Crippen LogP contribution in [-0.2, 0) is 6.18 Å². The lowest BCUT2D eigenvalue weighted by Gasteiger charge is -2.33. The minimum absolute atomic E-state index is 0.201. The fourth-order valence-electron chi connectivity index (χ4n) is 4.01. The number of aromatic amines is 2. The van der Waals surface area contributed by atoms with Gasteiger partial charge in [0.1, 0.15) is 5.82 Å². The van der Waals surface area contributed by atoms with Crippen molar-refractivity contribution in [2.45, 2.75) is 24.9 Å². The Morgan fingerprint density at radius 2 is 1.93 bits per heavy atom. The molecule has 1 atom stereocenters. The molecule has 0 bridgehead atoms. The number of hydrogen-bond donors (Lipinski definition) is 2. The molecular weight excluding hydrogens is 369 g/mol. The number of alkyl halides is 3. The van der Waals surface area contributed by atoms with E-state index in [0.717, 1.165) is 53.6 Å². The molecule has 0 aliphatic carbocycles. The molecule has 4 aromatic heterocycles. The number of nitrogens with one attached hydrogen (secondary N) is 2. The quantitative estimate of drug-likeness (QED) is 0.541. The maximum Gasteiger partial charge on any atom is 0.417 e. The van der Waals surface area contributed by atoms with Crippen LogP contribution in [-0.4, -0.2) is 38.2 Å². The third-order valence-electron chi connectivity index (χ3n) is 5.36. The van der Waals surface area contributed by atoms with Gasteiger partial charge in [0.25, 0.3) is 0 Å². The van der Waals surface area contributed by atoms with Crippen molar-refractivity contribution in [3.05, 3.63) is 48.0 Å². The summed E-state index contributed by atoms with van der Waals surface area (Å²) in [7, 11) is 0. The molecule has 0 saturated carbocycles. The van der Waals surface area contributed by atoms with E-state index < -0.39 is 11.7 Å². The van der Waals surface area contributed by atoms with Gasteiger partial charge >= 0.3 is 6.18 Å². The molecule has 4 aromatic rings. The first-order chi connectivity index (χ1) is 13.5. The number of fused-ring (bicyclic) bond motifs is 3. The monoisotopic (exact) mass is 386 g/mol. The SMILES string of the molecule is FC(F)(F)c1ccc(N2CCCC(c3[nH][nH]c4cnc5nccc5c34)C2)nc1. The second-order valence-corrected chi connectivity index (χ2v) is 7.08. The number of anilines is 1. The van der Waals surface area contributed by atoms with Crippen molar-refractivity contribution in [3.8, 4) is 0 Å². The van der Waals surface area contributed by atoms with Gasteiger partial charge in [0.2, 0.25) is 0 Å². The van der Waals surface area contributed by atoms with Crippen molar-refractivity contribution in [3.63, 3.8) is 0 Å². The molecule has 1 unspecified atom stereocenters. The fraction of sp³-hybridized carbons (Fsp3) is 0.316. The lowest BCUT2D eigenvalue weighted by molar-refractivity contribution is -0.137. The summed E-state index contributed by atoms with van der Waals surface area (Å²) in [6.07, 6.45) is 1.96. The first-order valence-corrected chi connectivity index (χ1v) is 9.08. The van der Waals surface area contributed by atoms with E-state index in [2.05, 4.69) is 25.1 Å². The maximum absolute atomic E-state index is 12.8. The van der Waals surface area contributed by atoms with Crippen molar-refractivity contribution in [1.82, 2.24) is 25.1 Å². The van der Waals surface area contributed by atoms with E-state index in [0.29, 0.717) is 18.0 Å². The van der Waals surface area contributed by atoms with Gasteiger partial charge in [0, 0.05) is 47.9 Å². The summed E-state index contributed by atoms with van der Waals surface area (Å²) >= 11 is 0. The maximum atomic E-state index is 12.8. The van der Waals surface area contributed by atoms with Crippen LogP contribution in [0.1, 0.15) is 30.0 Å². The first-order valence-electron chi connectivity index (χ1n) is 9.08. The van der Waals surface area contributed by atoms with Crippen molar-refractivity contribution >= 4 is 27.8 Å². The highest BCUT2D eigenvalue weighted by molar-refractivity contribution is 6.04. The number of pyridine rings is 2. The molecule has 6 nitrogen and oxygen atoms in total. The summed E-state index contributed by atoms with van der Waals surface area (Å²) < 4.78 is 38.4. The van der Waals surface area contributed by atoms with E-state index in [4.69, 9.17) is 0 Å². The molecule has 144 valence electrons. The summed E-state index contributed by atoms with van der Waals surface area (Å²) in [6.45, 7) is 1.45. The van der Waals surface area contributed by atoms with E-state index in [1.54, 1.807) is 12.4 Å². The largest absolute Gasteiger partial charge is 0.417 e. The average molecular weight is 386 g/mol. The van der Waals surface area contributed by atoms with E-state index in [1.165, 1.54) is 6.07 Å². The second kappa shape index (κ2) is 6.22. The van der Waals surface area contributed by atoms with Crippen molar-refractivity contribution in [2.75, 3.05) is 18.0 Å². The van der Waals surface area contributed by atoms with Crippen LogP contribution in [0.15, 0.2) is 36.8 Å². The summed E-state index contributed by atoms with van der Waals surface area (Å²) in [5.74, 6) is 0.770. The number of piperidine rings is 1. The smallest absolute Gasteiger partial charge is 0.356 e. The van der Waals surface area contributed by atoms with Crippen molar-refractivity contribution in [2.24, 2.45) is 0 Å². The highest BCUT2D eigenvalue weighted by Crippen LogP contribution is 2.35. The van der Waals surface area contributed by atoms with Crippen LogP contribution < -0.4 is 4.90 Å². The molecule has 0 amide bonds. The Balaban J connectivity index is 1.46. The van der Waals surface area contributed by atoms with E-state index in [-0.39, 0.29) is 5.92 Å². The van der Waals surface area contributed by atoms with Gasteiger partial charge in [-0.3, -0.25) is 5.10 Å². The molecule has 28 heavy (non-hydrogen) atoms. The van der Waals surface area contributed by atoms with Crippen LogP contribution in [0.25, 0.3) is 21.9 Å². The zero-order valence-electron chi connectivity index (χ0n) is 14.8. The standard InChI is InChI=1S/C19H17F3N6/c20-19(21,22)12-3-4-15(24-8-12)28-7-1-2-11(10-28)17-16-13-5-6-23-18(13)25-9-14(16)26-27-17/h3-6,8-9,11,26-27H,1-2,7,10H2. The van der Waals surface area contributed by atoms with Gasteiger partial charge in [-0.05, 0) is 31.0 Å². The normalized spacial score (nSPS) is 18.2. The number of aromatic nitrogens is 5. The third kappa shape index (κ3) is 2.78. The number of nitrogens with zero attached hydrogens (tertiary/aromatic N) is 4. The summed E-state index contributed by atoms with van der Waals surface area (Å²) in [6, 6.07) is 4.50. The zero-order valence-corrected chi connectivity index (χ0v) is 14.8. The Morgan fingerprint density at radius 1 is 1.04 bits per heavy atom. The molecule has 2 N–H and O–H groups in total. The van der Waals surface area contributed by atoms with E-state index in [1.807, 2.05) is 11.0 Å². The van der Waals surface area contributed by atoms with Crippen LogP contribution in [0.3, 0.4) is 0 Å². The Labute approximate surface area is 157 Å². The molecule has 5 heterocycles. The van der Waals surface area contributed by atoms with Gasteiger partial charge < -0.3 is 10.00 Å². The molecule has 9 heteroatoms. The van der Waals surface area contributed by atoms with Crippen LogP contribution in [0.4, 0.5) is 19.0 Å². The molecule has 1 aliphatic rings. The lowest BCUT2D eigenvalue weighted by Crippen LogP contribution is -2.35. The summed E-state index contributed by atoms with van der Waals surface area (Å²) in [5, 5.41) is 8.52. The van der Waals surface area contributed by atoms with Gasteiger partial charge in [0.05, 0.1) is 17.3 Å². The minimum Gasteiger partial charge on any atom is -0.356 e. The fourth-order valence-corrected chi connectivity index (χ4v) is 4.01. The number of rotatable bonds is 2. The van der Waals surface area contributed by atoms with E-state index in [9.17, 15) is 13.2 Å². The summed E-state index contributed by atoms with van der Waals surface area (Å²) in [5.41, 5.74) is 1.97. The molecule has 1 fully saturated rings. The van der Waals surface area contributed by atoms with Crippen LogP contribution in [0, 0.1) is 0 Å². The van der Waals surface area contributed by atoms with Crippen LogP contribution in [0.5, 0.6) is 0 Å².